The molecule has 0 fully saturated rings. The predicted molar refractivity (Wildman–Crippen MR) is 86.1 cm³/mol. The topological polar surface area (TPSA) is 110 Å². The zero-order valence-electron chi connectivity index (χ0n) is 14.5. The number of ether oxygens (including phenoxy) is 2. The first-order valence-corrected chi connectivity index (χ1v) is 7.93. The molecule has 0 aliphatic carbocycles. The second kappa shape index (κ2) is 9.05. The number of amides is 1. The minimum absolute atomic E-state index is 0.159. The van der Waals surface area contributed by atoms with Crippen LogP contribution in [-0.2, 0) is 23.9 Å². The molecule has 1 heterocycles. The van der Waals surface area contributed by atoms with Crippen LogP contribution >= 0.6 is 0 Å². The molecule has 2 N–H and O–H groups in total. The molecule has 1 aromatic rings. The maximum absolute atomic E-state index is 12.1. The van der Waals surface area contributed by atoms with Crippen molar-refractivity contribution in [3.63, 3.8) is 0 Å². The van der Waals surface area contributed by atoms with E-state index in [1.54, 1.807) is 27.0 Å². The van der Waals surface area contributed by atoms with Crippen LogP contribution in [0.2, 0.25) is 0 Å². The molecule has 0 aliphatic rings. The Morgan fingerprint density at radius 2 is 1.75 bits per heavy atom. The summed E-state index contributed by atoms with van der Waals surface area (Å²) in [5.41, 5.74) is -0.558. The van der Waals surface area contributed by atoms with Crippen molar-refractivity contribution in [2.45, 2.75) is 52.0 Å². The van der Waals surface area contributed by atoms with Gasteiger partial charge in [-0.3, -0.25) is 14.4 Å². The average Bonchev–Trinajstić information content (AvgIpc) is 2.99. The van der Waals surface area contributed by atoms with Gasteiger partial charge in [-0.05, 0) is 13.8 Å². The van der Waals surface area contributed by atoms with Crippen molar-refractivity contribution >= 4 is 17.8 Å². The Morgan fingerprint density at radius 3 is 2.12 bits per heavy atom. The Morgan fingerprint density at radius 1 is 1.21 bits per heavy atom. The number of hydrogen-bond donors (Lipinski definition) is 2. The van der Waals surface area contributed by atoms with Gasteiger partial charge in [-0.25, -0.2) is 4.98 Å². The van der Waals surface area contributed by atoms with Gasteiger partial charge < -0.3 is 19.8 Å². The quantitative estimate of drug-likeness (QED) is 0.656. The zero-order chi connectivity index (χ0) is 18.2. The molecule has 1 atom stereocenters. The van der Waals surface area contributed by atoms with E-state index in [0.29, 0.717) is 5.69 Å². The van der Waals surface area contributed by atoms with Crippen molar-refractivity contribution in [3.05, 3.63) is 18.2 Å². The number of hydrogen-bond acceptors (Lipinski definition) is 6. The summed E-state index contributed by atoms with van der Waals surface area (Å²) < 4.78 is 10.0. The van der Waals surface area contributed by atoms with E-state index in [1.165, 1.54) is 13.3 Å². The normalized spacial score (nSPS) is 12.3. The molecule has 0 aliphatic heterocycles. The fourth-order valence-corrected chi connectivity index (χ4v) is 2.65. The van der Waals surface area contributed by atoms with Crippen molar-refractivity contribution in [1.82, 2.24) is 15.3 Å². The maximum Gasteiger partial charge on any atom is 0.308 e. The van der Waals surface area contributed by atoms with Gasteiger partial charge in [0, 0.05) is 19.0 Å². The molecule has 24 heavy (non-hydrogen) atoms. The number of nitrogens with zero attached hydrogens (tertiary/aromatic N) is 1. The molecule has 1 rings (SSSR count). The lowest BCUT2D eigenvalue weighted by atomic mass is 9.77. The first kappa shape index (κ1) is 19.7. The van der Waals surface area contributed by atoms with Gasteiger partial charge >= 0.3 is 11.9 Å². The molecule has 8 nitrogen and oxygen atoms in total. The maximum atomic E-state index is 12.1. The van der Waals surface area contributed by atoms with Gasteiger partial charge in [0.25, 0.3) is 0 Å². The van der Waals surface area contributed by atoms with Crippen molar-refractivity contribution in [3.8, 4) is 0 Å². The third kappa shape index (κ3) is 5.36. The van der Waals surface area contributed by atoms with E-state index in [0.717, 1.165) is 0 Å². The van der Waals surface area contributed by atoms with Crippen LogP contribution in [0.5, 0.6) is 0 Å². The molecular weight excluding hydrogens is 314 g/mol. The largest absolute Gasteiger partial charge is 0.466 e. The Labute approximate surface area is 141 Å². The van der Waals surface area contributed by atoms with Gasteiger partial charge in [0.2, 0.25) is 5.91 Å². The standard InChI is InChI=1S/C16H25N3O5/c1-5-23-14(21)7-16(19-12(4)20,8-15(22)24-6-2)11(3)13-9-17-10-18-13/h9-11H,5-8H2,1-4H3,(H,17,18)(H,19,20). The summed E-state index contributed by atoms with van der Waals surface area (Å²) in [5.74, 6) is -1.77. The summed E-state index contributed by atoms with van der Waals surface area (Å²) in [7, 11) is 0. The summed E-state index contributed by atoms with van der Waals surface area (Å²) in [4.78, 5) is 43.0. The van der Waals surface area contributed by atoms with Crippen LogP contribution in [0.4, 0.5) is 0 Å². The molecule has 1 aromatic heterocycles. The Bertz CT molecular complexity index is 536. The van der Waals surface area contributed by atoms with E-state index in [9.17, 15) is 14.4 Å². The fourth-order valence-electron chi connectivity index (χ4n) is 2.65. The Hall–Kier alpha value is -2.38. The molecule has 0 saturated carbocycles. The third-order valence-corrected chi connectivity index (χ3v) is 3.75. The summed E-state index contributed by atoms with van der Waals surface area (Å²) in [6.45, 7) is 6.95. The average molecular weight is 339 g/mol. The summed E-state index contributed by atoms with van der Waals surface area (Å²) in [6.07, 6.45) is 2.84. The molecule has 0 bridgehead atoms. The molecule has 8 heteroatoms. The molecule has 0 aromatic carbocycles. The first-order chi connectivity index (χ1) is 11.3. The number of nitrogens with one attached hydrogen (secondary N) is 2. The molecule has 0 spiro atoms. The second-order valence-corrected chi connectivity index (χ2v) is 5.52. The van der Waals surface area contributed by atoms with Crippen LogP contribution in [0.1, 0.15) is 52.1 Å². The first-order valence-electron chi connectivity index (χ1n) is 7.93. The summed E-state index contributed by atoms with van der Waals surface area (Å²) >= 11 is 0. The SMILES string of the molecule is CCOC(=O)CC(CC(=O)OCC)(NC(C)=O)C(C)c1c[nH]cn1. The summed E-state index contributed by atoms with van der Waals surface area (Å²) in [5, 5.41) is 2.77. The molecule has 134 valence electrons. The number of rotatable bonds is 9. The highest BCUT2D eigenvalue weighted by Gasteiger charge is 2.43. The van der Waals surface area contributed by atoms with Gasteiger partial charge in [0.15, 0.2) is 0 Å². The van der Waals surface area contributed by atoms with Crippen LogP contribution in [0.3, 0.4) is 0 Å². The lowest BCUT2D eigenvalue weighted by Crippen LogP contribution is -2.54. The number of aromatic nitrogens is 2. The fraction of sp³-hybridized carbons (Fsp3) is 0.625. The predicted octanol–water partition coefficient (Wildman–Crippen LogP) is 1.29. The lowest BCUT2D eigenvalue weighted by Gasteiger charge is -2.37. The number of aromatic amines is 1. The minimum atomic E-state index is -1.18. The number of carbonyl (C=O) groups excluding carboxylic acids is 3. The van der Waals surface area contributed by atoms with Crippen LogP contribution < -0.4 is 5.32 Å². The van der Waals surface area contributed by atoms with Crippen molar-refractivity contribution < 1.29 is 23.9 Å². The molecule has 1 unspecified atom stereocenters. The van der Waals surface area contributed by atoms with E-state index < -0.39 is 23.4 Å². The van der Waals surface area contributed by atoms with Crippen LogP contribution in [0.15, 0.2) is 12.5 Å². The van der Waals surface area contributed by atoms with E-state index in [2.05, 4.69) is 15.3 Å². The Balaban J connectivity index is 3.21. The van der Waals surface area contributed by atoms with Gasteiger partial charge in [0.1, 0.15) is 0 Å². The molecular formula is C16H25N3O5. The number of imidazole rings is 1. The van der Waals surface area contributed by atoms with Gasteiger partial charge in [-0.2, -0.15) is 0 Å². The zero-order valence-corrected chi connectivity index (χ0v) is 14.5. The van der Waals surface area contributed by atoms with Crippen LogP contribution in [-0.4, -0.2) is 46.6 Å². The third-order valence-electron chi connectivity index (χ3n) is 3.75. The van der Waals surface area contributed by atoms with Crippen LogP contribution in [0.25, 0.3) is 0 Å². The van der Waals surface area contributed by atoms with E-state index >= 15 is 0 Å². The monoisotopic (exact) mass is 339 g/mol. The van der Waals surface area contributed by atoms with Crippen LogP contribution in [0, 0.1) is 0 Å². The highest BCUT2D eigenvalue weighted by molar-refractivity contribution is 5.80. The second-order valence-electron chi connectivity index (χ2n) is 5.52. The van der Waals surface area contributed by atoms with E-state index in [1.807, 2.05) is 0 Å². The minimum Gasteiger partial charge on any atom is -0.466 e. The Kier molecular flexibility index (Phi) is 7.41. The number of carbonyl (C=O) groups is 3. The van der Waals surface area contributed by atoms with E-state index in [4.69, 9.17) is 9.47 Å². The lowest BCUT2D eigenvalue weighted by molar-refractivity contribution is -0.149. The smallest absolute Gasteiger partial charge is 0.308 e. The molecule has 0 radical (unpaired) electrons. The highest BCUT2D eigenvalue weighted by atomic mass is 16.5. The number of esters is 2. The van der Waals surface area contributed by atoms with Crippen molar-refractivity contribution in [2.75, 3.05) is 13.2 Å². The number of H-pyrrole nitrogens is 1. The summed E-state index contributed by atoms with van der Waals surface area (Å²) in [6, 6.07) is 0. The highest BCUT2D eigenvalue weighted by Crippen LogP contribution is 2.34. The van der Waals surface area contributed by atoms with Gasteiger partial charge in [0.05, 0.1) is 43.6 Å². The van der Waals surface area contributed by atoms with Gasteiger partial charge in [-0.15, -0.1) is 0 Å². The van der Waals surface area contributed by atoms with Crippen molar-refractivity contribution in [2.24, 2.45) is 0 Å². The van der Waals surface area contributed by atoms with E-state index in [-0.39, 0.29) is 32.0 Å². The van der Waals surface area contributed by atoms with Gasteiger partial charge in [-0.1, -0.05) is 6.92 Å². The molecule has 1 amide bonds. The molecule has 0 saturated heterocycles. The van der Waals surface area contributed by atoms with Crippen molar-refractivity contribution in [1.29, 1.82) is 0 Å².